The van der Waals surface area contributed by atoms with Gasteiger partial charge in [-0.05, 0) is 43.9 Å². The van der Waals surface area contributed by atoms with Gasteiger partial charge in [-0.25, -0.2) is 0 Å². The van der Waals surface area contributed by atoms with Crippen molar-refractivity contribution in [1.82, 2.24) is 0 Å². The number of hydrogen-bond donors (Lipinski definition) is 0. The van der Waals surface area contributed by atoms with E-state index < -0.39 is 0 Å². The zero-order valence-corrected chi connectivity index (χ0v) is 10.2. The molecule has 1 aromatic carbocycles. The predicted molar refractivity (Wildman–Crippen MR) is 63.8 cm³/mol. The summed E-state index contributed by atoms with van der Waals surface area (Å²) in [7, 11) is 0. The summed E-state index contributed by atoms with van der Waals surface area (Å²) in [5.74, 6) is 0. The summed E-state index contributed by atoms with van der Waals surface area (Å²) in [4.78, 5) is 0. The maximum atomic E-state index is 5.95. The van der Waals surface area contributed by atoms with Crippen LogP contribution in [-0.4, -0.2) is 12.2 Å². The van der Waals surface area contributed by atoms with Crippen LogP contribution < -0.4 is 0 Å². The first-order chi connectivity index (χ1) is 7.09. The van der Waals surface area contributed by atoms with E-state index in [0.717, 1.165) is 25.9 Å². The van der Waals surface area contributed by atoms with E-state index in [1.165, 1.54) is 5.56 Å². The first-order valence-corrected chi connectivity index (χ1v) is 5.93. The molecular weight excluding hydrogens is 231 g/mol. The van der Waals surface area contributed by atoms with Gasteiger partial charge in [0.15, 0.2) is 0 Å². The maximum Gasteiger partial charge on any atom is 0.0679 e. The van der Waals surface area contributed by atoms with Gasteiger partial charge in [0.25, 0.3) is 0 Å². The average Bonchev–Trinajstić information content (AvgIpc) is 2.17. The molecule has 2 rings (SSSR count). The molecule has 0 radical (unpaired) electrons. The lowest BCUT2D eigenvalue weighted by Gasteiger charge is -2.38. The molecule has 1 nitrogen and oxygen atoms in total. The fourth-order valence-electron chi connectivity index (χ4n) is 1.75. The van der Waals surface area contributed by atoms with Gasteiger partial charge in [-0.15, -0.1) is 0 Å². The molecular formula is C12H14Cl2O. The second-order valence-corrected chi connectivity index (χ2v) is 5.11. The van der Waals surface area contributed by atoms with Crippen LogP contribution in [0.3, 0.4) is 0 Å². The predicted octanol–water partition coefficient (Wildman–Crippen LogP) is 4.11. The third-order valence-electron chi connectivity index (χ3n) is 3.01. The van der Waals surface area contributed by atoms with E-state index in [9.17, 15) is 0 Å². The Morgan fingerprint density at radius 3 is 2.60 bits per heavy atom. The maximum absolute atomic E-state index is 5.95. The summed E-state index contributed by atoms with van der Waals surface area (Å²) in [5.41, 5.74) is 1.31. The third kappa shape index (κ3) is 2.66. The zero-order chi connectivity index (χ0) is 10.9. The molecule has 1 fully saturated rings. The minimum absolute atomic E-state index is 0.0894. The molecule has 0 amide bonds. The highest BCUT2D eigenvalue weighted by Crippen LogP contribution is 2.31. The highest BCUT2D eigenvalue weighted by atomic mass is 35.5. The number of ether oxygens (including phenoxy) is 1. The second kappa shape index (κ2) is 4.32. The molecule has 1 heterocycles. The highest BCUT2D eigenvalue weighted by Gasteiger charge is 2.32. The van der Waals surface area contributed by atoms with Gasteiger partial charge < -0.3 is 4.74 Å². The average molecular weight is 245 g/mol. The fourth-order valence-corrected chi connectivity index (χ4v) is 2.07. The van der Waals surface area contributed by atoms with Gasteiger partial charge >= 0.3 is 0 Å². The summed E-state index contributed by atoms with van der Waals surface area (Å²) >= 11 is 11.8. The van der Waals surface area contributed by atoms with Crippen LogP contribution >= 0.6 is 23.2 Å². The smallest absolute Gasteiger partial charge is 0.0679 e. The van der Waals surface area contributed by atoms with Crippen molar-refractivity contribution in [2.75, 3.05) is 6.61 Å². The van der Waals surface area contributed by atoms with Gasteiger partial charge in [0.2, 0.25) is 0 Å². The Balaban J connectivity index is 1.96. The first kappa shape index (κ1) is 11.3. The molecule has 0 spiro atoms. The van der Waals surface area contributed by atoms with Gasteiger partial charge in [-0.2, -0.15) is 0 Å². The van der Waals surface area contributed by atoms with Crippen molar-refractivity contribution in [2.45, 2.75) is 31.8 Å². The first-order valence-electron chi connectivity index (χ1n) is 5.17. The van der Waals surface area contributed by atoms with Crippen molar-refractivity contribution in [3.8, 4) is 0 Å². The number of rotatable bonds is 3. The van der Waals surface area contributed by atoms with Crippen LogP contribution in [0.2, 0.25) is 10.0 Å². The molecule has 0 aliphatic carbocycles. The highest BCUT2D eigenvalue weighted by molar-refractivity contribution is 6.42. The molecule has 82 valence electrons. The Kier molecular flexibility index (Phi) is 3.24. The lowest BCUT2D eigenvalue weighted by atomic mass is 9.90. The Morgan fingerprint density at radius 1 is 1.33 bits per heavy atom. The van der Waals surface area contributed by atoms with Crippen LogP contribution in [0.5, 0.6) is 0 Å². The van der Waals surface area contributed by atoms with Gasteiger partial charge in [0.05, 0.1) is 22.3 Å². The lowest BCUT2D eigenvalue weighted by molar-refractivity contribution is -0.137. The van der Waals surface area contributed by atoms with Crippen molar-refractivity contribution in [2.24, 2.45) is 0 Å². The van der Waals surface area contributed by atoms with E-state index in [1.807, 2.05) is 18.2 Å². The molecule has 15 heavy (non-hydrogen) atoms. The Bertz CT molecular complexity index is 359. The molecule has 0 saturated carbocycles. The molecule has 0 bridgehead atoms. The van der Waals surface area contributed by atoms with Gasteiger partial charge in [-0.3, -0.25) is 0 Å². The zero-order valence-electron chi connectivity index (χ0n) is 8.72. The Hall–Kier alpha value is -0.240. The minimum Gasteiger partial charge on any atom is -0.375 e. The van der Waals surface area contributed by atoms with Crippen molar-refractivity contribution in [3.05, 3.63) is 33.8 Å². The molecule has 1 unspecified atom stereocenters. The van der Waals surface area contributed by atoms with E-state index in [2.05, 4.69) is 6.92 Å². The van der Waals surface area contributed by atoms with Crippen LogP contribution in [0.15, 0.2) is 18.2 Å². The molecule has 1 saturated heterocycles. The normalized spacial score (nSPS) is 25.0. The molecule has 3 heteroatoms. The third-order valence-corrected chi connectivity index (χ3v) is 3.75. The SMILES string of the molecule is CC1(CCc2ccc(Cl)c(Cl)c2)CCO1. The van der Waals surface area contributed by atoms with Crippen molar-refractivity contribution < 1.29 is 4.74 Å². The number of benzene rings is 1. The van der Waals surface area contributed by atoms with Crippen LogP contribution in [0, 0.1) is 0 Å². The van der Waals surface area contributed by atoms with E-state index >= 15 is 0 Å². The van der Waals surface area contributed by atoms with E-state index in [4.69, 9.17) is 27.9 Å². The Labute approximate surface area is 100 Å². The standard InChI is InChI=1S/C12H14Cl2O/c1-12(6-7-15-12)5-4-9-2-3-10(13)11(14)8-9/h2-3,8H,4-7H2,1H3. The van der Waals surface area contributed by atoms with Crippen molar-refractivity contribution in [1.29, 1.82) is 0 Å². The van der Waals surface area contributed by atoms with Crippen LogP contribution in [0.1, 0.15) is 25.3 Å². The van der Waals surface area contributed by atoms with Crippen LogP contribution in [-0.2, 0) is 11.2 Å². The summed E-state index contributed by atoms with van der Waals surface area (Å²) in [5, 5.41) is 1.25. The number of halogens is 2. The molecule has 1 atom stereocenters. The molecule has 0 aromatic heterocycles. The van der Waals surface area contributed by atoms with Crippen molar-refractivity contribution in [3.63, 3.8) is 0 Å². The van der Waals surface area contributed by atoms with Gasteiger partial charge in [-0.1, -0.05) is 29.3 Å². The van der Waals surface area contributed by atoms with E-state index in [-0.39, 0.29) is 5.60 Å². The number of hydrogen-bond acceptors (Lipinski definition) is 1. The number of aryl methyl sites for hydroxylation is 1. The molecule has 1 aromatic rings. The van der Waals surface area contributed by atoms with Crippen LogP contribution in [0.25, 0.3) is 0 Å². The van der Waals surface area contributed by atoms with E-state index in [1.54, 1.807) is 0 Å². The van der Waals surface area contributed by atoms with E-state index in [0.29, 0.717) is 10.0 Å². The minimum atomic E-state index is 0.0894. The lowest BCUT2D eigenvalue weighted by Crippen LogP contribution is -2.40. The second-order valence-electron chi connectivity index (χ2n) is 4.30. The molecule has 0 N–H and O–H groups in total. The summed E-state index contributed by atoms with van der Waals surface area (Å²) in [6.45, 7) is 3.06. The monoisotopic (exact) mass is 244 g/mol. The molecule has 1 aliphatic rings. The fraction of sp³-hybridized carbons (Fsp3) is 0.500. The Morgan fingerprint density at radius 2 is 2.07 bits per heavy atom. The van der Waals surface area contributed by atoms with Crippen molar-refractivity contribution >= 4 is 23.2 Å². The largest absolute Gasteiger partial charge is 0.375 e. The topological polar surface area (TPSA) is 9.23 Å². The summed E-state index contributed by atoms with van der Waals surface area (Å²) in [6.07, 6.45) is 3.20. The van der Waals surface area contributed by atoms with Gasteiger partial charge in [0.1, 0.15) is 0 Å². The quantitative estimate of drug-likeness (QED) is 0.778. The summed E-state index contributed by atoms with van der Waals surface area (Å²) in [6, 6.07) is 5.81. The molecule has 1 aliphatic heterocycles. The van der Waals surface area contributed by atoms with Crippen LogP contribution in [0.4, 0.5) is 0 Å². The summed E-state index contributed by atoms with van der Waals surface area (Å²) < 4.78 is 5.53. The van der Waals surface area contributed by atoms with Gasteiger partial charge in [0, 0.05) is 0 Å².